The predicted molar refractivity (Wildman–Crippen MR) is 139 cm³/mol. The Balaban J connectivity index is 1.41. The van der Waals surface area contributed by atoms with Crippen molar-refractivity contribution in [3.63, 3.8) is 0 Å². The first kappa shape index (κ1) is 23.7. The molecule has 35 heavy (non-hydrogen) atoms. The highest BCUT2D eigenvalue weighted by Gasteiger charge is 2.35. The fourth-order valence-corrected chi connectivity index (χ4v) is 6.97. The summed E-state index contributed by atoms with van der Waals surface area (Å²) in [4.78, 5) is 13.5. The molecule has 6 nitrogen and oxygen atoms in total. The highest BCUT2D eigenvalue weighted by atomic mass is 32.2. The number of aliphatic hydroxyl groups is 1. The smallest absolute Gasteiger partial charge is 0.239 e. The van der Waals surface area contributed by atoms with Crippen LogP contribution in [0.4, 0.5) is 0 Å². The van der Waals surface area contributed by atoms with Crippen molar-refractivity contribution in [2.24, 2.45) is 0 Å². The van der Waals surface area contributed by atoms with Gasteiger partial charge in [0.05, 0.1) is 17.9 Å². The van der Waals surface area contributed by atoms with Gasteiger partial charge in [0.2, 0.25) is 15.9 Å². The summed E-state index contributed by atoms with van der Waals surface area (Å²) in [6.07, 6.45) is -0.116. The molecule has 0 bridgehead atoms. The topological polar surface area (TPSA) is 95.5 Å². The van der Waals surface area contributed by atoms with E-state index < -0.39 is 34.1 Å². The van der Waals surface area contributed by atoms with Gasteiger partial charge >= 0.3 is 0 Å². The highest BCUT2D eigenvalue weighted by molar-refractivity contribution is 7.88. The second-order valence-corrected chi connectivity index (χ2v) is 11.5. The van der Waals surface area contributed by atoms with Gasteiger partial charge in [0.1, 0.15) is 6.04 Å². The van der Waals surface area contributed by atoms with Crippen LogP contribution in [0.25, 0.3) is 10.1 Å². The number of benzene rings is 3. The molecule has 180 valence electrons. The largest absolute Gasteiger partial charge is 0.390 e. The molecule has 0 saturated carbocycles. The van der Waals surface area contributed by atoms with Crippen LogP contribution in [-0.4, -0.2) is 31.6 Å². The van der Waals surface area contributed by atoms with Crippen LogP contribution in [0.1, 0.15) is 28.3 Å². The molecule has 0 fully saturated rings. The van der Waals surface area contributed by atoms with Crippen molar-refractivity contribution in [1.82, 2.24) is 10.0 Å². The second kappa shape index (κ2) is 9.91. The molecule has 0 spiro atoms. The SMILES string of the molecule is O=C(N[C@H]1c2ccccc2C[C@H]1O)[C@@H](Cc1csc2ccccc12)NS(=O)(=O)Cc1ccccc1. The van der Waals surface area contributed by atoms with E-state index in [0.717, 1.165) is 26.8 Å². The Morgan fingerprint density at radius 3 is 2.54 bits per heavy atom. The Hall–Kier alpha value is -3.04. The zero-order valence-electron chi connectivity index (χ0n) is 18.9. The van der Waals surface area contributed by atoms with Crippen molar-refractivity contribution >= 4 is 37.4 Å². The molecule has 1 aliphatic rings. The Labute approximate surface area is 208 Å². The summed E-state index contributed by atoms with van der Waals surface area (Å²) in [5, 5.41) is 16.5. The number of hydrogen-bond donors (Lipinski definition) is 3. The molecule has 1 aromatic heterocycles. The molecule has 0 saturated heterocycles. The molecule has 3 aromatic carbocycles. The molecule has 5 rings (SSSR count). The van der Waals surface area contributed by atoms with Crippen LogP contribution in [0.3, 0.4) is 0 Å². The number of carbonyl (C=O) groups is 1. The van der Waals surface area contributed by atoms with E-state index in [1.807, 2.05) is 60.0 Å². The third-order valence-electron chi connectivity index (χ3n) is 6.32. The van der Waals surface area contributed by atoms with Crippen LogP contribution in [-0.2, 0) is 33.4 Å². The van der Waals surface area contributed by atoms with E-state index in [4.69, 9.17) is 0 Å². The van der Waals surface area contributed by atoms with Crippen molar-refractivity contribution in [1.29, 1.82) is 0 Å². The van der Waals surface area contributed by atoms with Gasteiger partial charge in [-0.25, -0.2) is 13.1 Å². The van der Waals surface area contributed by atoms with Crippen LogP contribution >= 0.6 is 11.3 Å². The lowest BCUT2D eigenvalue weighted by molar-refractivity contribution is -0.124. The molecule has 0 aliphatic heterocycles. The summed E-state index contributed by atoms with van der Waals surface area (Å²) in [5.74, 6) is -0.686. The lowest BCUT2D eigenvalue weighted by Crippen LogP contribution is -2.50. The first-order valence-electron chi connectivity index (χ1n) is 11.4. The lowest BCUT2D eigenvalue weighted by Gasteiger charge is -2.23. The average Bonchev–Trinajstić information content (AvgIpc) is 3.39. The van der Waals surface area contributed by atoms with Crippen molar-refractivity contribution < 1.29 is 18.3 Å². The molecule has 0 radical (unpaired) electrons. The van der Waals surface area contributed by atoms with E-state index in [1.165, 1.54) is 0 Å². The molecular weight excluding hydrogens is 480 g/mol. The first-order chi connectivity index (χ1) is 16.9. The number of thiophene rings is 1. The molecule has 1 amide bonds. The van der Waals surface area contributed by atoms with Crippen molar-refractivity contribution in [2.45, 2.75) is 36.8 Å². The number of fused-ring (bicyclic) bond motifs is 2. The van der Waals surface area contributed by atoms with Gasteiger partial charge in [0.25, 0.3) is 0 Å². The number of aliphatic hydroxyl groups excluding tert-OH is 1. The molecule has 4 aromatic rings. The molecule has 1 aliphatic carbocycles. The van der Waals surface area contributed by atoms with Gasteiger partial charge in [-0.15, -0.1) is 11.3 Å². The van der Waals surface area contributed by atoms with Crippen molar-refractivity contribution in [3.8, 4) is 0 Å². The van der Waals surface area contributed by atoms with Gasteiger partial charge in [-0.05, 0) is 45.5 Å². The average molecular weight is 507 g/mol. The summed E-state index contributed by atoms with van der Waals surface area (Å²) >= 11 is 1.56. The van der Waals surface area contributed by atoms with Crippen LogP contribution in [0.15, 0.2) is 84.2 Å². The third-order valence-corrected chi connectivity index (χ3v) is 8.69. The predicted octanol–water partition coefficient (Wildman–Crippen LogP) is 3.71. The summed E-state index contributed by atoms with van der Waals surface area (Å²) in [6, 6.07) is 22.7. The van der Waals surface area contributed by atoms with Gasteiger partial charge in [-0.2, -0.15) is 0 Å². The Morgan fingerprint density at radius 2 is 1.71 bits per heavy atom. The van der Waals surface area contributed by atoms with E-state index >= 15 is 0 Å². The van der Waals surface area contributed by atoms with Crippen molar-refractivity contribution in [2.75, 3.05) is 0 Å². The monoisotopic (exact) mass is 506 g/mol. The third kappa shape index (κ3) is 5.31. The van der Waals surface area contributed by atoms with Gasteiger partial charge in [0.15, 0.2) is 0 Å². The van der Waals surface area contributed by atoms with E-state index in [1.54, 1.807) is 35.6 Å². The van der Waals surface area contributed by atoms with Gasteiger partial charge in [-0.1, -0.05) is 72.8 Å². The minimum absolute atomic E-state index is 0.203. The fourth-order valence-electron chi connectivity index (χ4n) is 4.65. The number of nitrogens with one attached hydrogen (secondary N) is 2. The van der Waals surface area contributed by atoms with Gasteiger partial charge < -0.3 is 10.4 Å². The van der Waals surface area contributed by atoms with Crippen LogP contribution in [0.5, 0.6) is 0 Å². The van der Waals surface area contributed by atoms with E-state index in [9.17, 15) is 18.3 Å². The minimum Gasteiger partial charge on any atom is -0.390 e. The quantitative estimate of drug-likeness (QED) is 0.340. The number of carbonyl (C=O) groups excluding carboxylic acids is 1. The maximum absolute atomic E-state index is 13.5. The first-order valence-corrected chi connectivity index (χ1v) is 14.0. The summed E-state index contributed by atoms with van der Waals surface area (Å²) < 4.78 is 29.9. The highest BCUT2D eigenvalue weighted by Crippen LogP contribution is 2.32. The van der Waals surface area contributed by atoms with E-state index in [0.29, 0.717) is 12.0 Å². The molecule has 3 atom stereocenters. The molecule has 1 heterocycles. The lowest BCUT2D eigenvalue weighted by atomic mass is 10.0. The van der Waals surface area contributed by atoms with Crippen LogP contribution in [0, 0.1) is 0 Å². The molecular formula is C27H26N2O4S2. The second-order valence-electron chi connectivity index (χ2n) is 8.83. The summed E-state index contributed by atoms with van der Waals surface area (Å²) in [6.45, 7) is 0. The fraction of sp³-hybridized carbons (Fsp3) is 0.222. The number of sulfonamides is 1. The molecule has 8 heteroatoms. The normalized spacial score (nSPS) is 18.3. The van der Waals surface area contributed by atoms with Crippen LogP contribution < -0.4 is 10.0 Å². The number of rotatable bonds is 8. The Bertz CT molecular complexity index is 1450. The van der Waals surface area contributed by atoms with Crippen molar-refractivity contribution in [3.05, 3.63) is 106 Å². The zero-order chi connectivity index (χ0) is 24.4. The van der Waals surface area contributed by atoms with E-state index in [2.05, 4.69) is 10.0 Å². The zero-order valence-corrected chi connectivity index (χ0v) is 20.6. The Kier molecular flexibility index (Phi) is 6.71. The van der Waals surface area contributed by atoms with Crippen LogP contribution in [0.2, 0.25) is 0 Å². The summed E-state index contributed by atoms with van der Waals surface area (Å²) in [7, 11) is -3.81. The number of hydrogen-bond acceptors (Lipinski definition) is 5. The standard InChI is InChI=1S/C27H26N2O4S2/c30-24-15-19-10-4-5-12-22(19)26(24)28-27(31)23(14-20-16-34-25-13-7-6-11-21(20)25)29-35(32,33)17-18-8-2-1-3-9-18/h1-13,16,23-24,26,29-30H,14-15,17H2,(H,28,31)/t23-,24-,26+/m1/s1. The maximum Gasteiger partial charge on any atom is 0.239 e. The molecule has 0 unspecified atom stereocenters. The van der Waals surface area contributed by atoms with Gasteiger partial charge in [-0.3, -0.25) is 4.79 Å². The Morgan fingerprint density at radius 1 is 1.00 bits per heavy atom. The molecule has 3 N–H and O–H groups in total. The summed E-state index contributed by atoms with van der Waals surface area (Å²) in [5.41, 5.74) is 3.39. The maximum atomic E-state index is 13.5. The van der Waals surface area contributed by atoms with E-state index in [-0.39, 0.29) is 12.2 Å². The minimum atomic E-state index is -3.81. The van der Waals surface area contributed by atoms with Gasteiger partial charge in [0, 0.05) is 11.1 Å². The number of amides is 1.